The highest BCUT2D eigenvalue weighted by atomic mass is 16.4. The zero-order valence-corrected chi connectivity index (χ0v) is 13.8. The largest absolute Gasteiger partial charge is 0.507 e. The number of hydrogen-bond donors (Lipinski definition) is 5. The minimum atomic E-state index is -1.06. The number of hydrogen-bond acceptors (Lipinski definition) is 4. The second-order valence-electron chi connectivity index (χ2n) is 5.88. The molecule has 0 aliphatic rings. The smallest absolute Gasteiger partial charge is 0.328 e. The number of nitrogens with zero attached hydrogens (tertiary/aromatic N) is 1. The van der Waals surface area contributed by atoms with Gasteiger partial charge in [0.25, 0.3) is 0 Å². The first-order chi connectivity index (χ1) is 12.5. The third-order valence-corrected chi connectivity index (χ3v) is 4.11. The lowest BCUT2D eigenvalue weighted by atomic mass is 10.1. The number of benzene rings is 2. The average Bonchev–Trinajstić information content (AvgIpc) is 3.02. The SMILES string of the molecule is N=C(N)c1ccc(O)c(C=N[C@@H](Cc2c[nH]c3ccccc23)C(=O)O)c1. The number of carboxylic acids is 1. The van der Waals surface area contributed by atoms with Crippen LogP contribution in [-0.4, -0.2) is 39.3 Å². The Balaban J connectivity index is 1.87. The van der Waals surface area contributed by atoms with Crippen molar-refractivity contribution in [2.75, 3.05) is 0 Å². The molecule has 7 nitrogen and oxygen atoms in total. The number of para-hydroxylation sites is 1. The maximum Gasteiger partial charge on any atom is 0.328 e. The number of nitrogens with one attached hydrogen (secondary N) is 2. The first-order valence-electron chi connectivity index (χ1n) is 7.94. The molecule has 0 unspecified atom stereocenters. The summed E-state index contributed by atoms with van der Waals surface area (Å²) in [5.74, 6) is -1.27. The molecule has 0 amide bonds. The second kappa shape index (κ2) is 7.10. The van der Waals surface area contributed by atoms with Gasteiger partial charge >= 0.3 is 5.97 Å². The van der Waals surface area contributed by atoms with Crippen LogP contribution in [0.2, 0.25) is 0 Å². The Hall–Kier alpha value is -3.61. The average molecular weight is 350 g/mol. The van der Waals surface area contributed by atoms with Gasteiger partial charge in [-0.2, -0.15) is 0 Å². The van der Waals surface area contributed by atoms with Crippen molar-refractivity contribution in [2.45, 2.75) is 12.5 Å². The molecule has 0 fully saturated rings. The number of nitrogens with two attached hydrogens (primary N) is 1. The first kappa shape index (κ1) is 17.2. The Labute approximate surface area is 149 Å². The van der Waals surface area contributed by atoms with Crippen molar-refractivity contribution in [2.24, 2.45) is 10.7 Å². The molecule has 3 rings (SSSR count). The summed E-state index contributed by atoms with van der Waals surface area (Å²) < 4.78 is 0. The van der Waals surface area contributed by atoms with E-state index in [9.17, 15) is 15.0 Å². The van der Waals surface area contributed by atoms with Gasteiger partial charge in [-0.25, -0.2) is 4.79 Å². The van der Waals surface area contributed by atoms with Crippen LogP contribution in [0.5, 0.6) is 5.75 Å². The highest BCUT2D eigenvalue weighted by molar-refractivity contribution is 5.97. The molecule has 0 aliphatic carbocycles. The van der Waals surface area contributed by atoms with Gasteiger partial charge in [0.15, 0.2) is 6.04 Å². The van der Waals surface area contributed by atoms with Crippen LogP contribution in [0, 0.1) is 5.41 Å². The van der Waals surface area contributed by atoms with Gasteiger partial charge in [-0.15, -0.1) is 0 Å². The van der Waals surface area contributed by atoms with Gasteiger partial charge in [0.2, 0.25) is 0 Å². The number of aromatic hydroxyl groups is 1. The fourth-order valence-corrected chi connectivity index (χ4v) is 2.71. The van der Waals surface area contributed by atoms with Crippen molar-refractivity contribution in [3.05, 3.63) is 65.4 Å². The van der Waals surface area contributed by atoms with Gasteiger partial charge in [-0.3, -0.25) is 10.4 Å². The molecular formula is C19H18N4O3. The topological polar surface area (TPSA) is 136 Å². The molecule has 132 valence electrons. The quantitative estimate of drug-likeness (QED) is 0.344. The lowest BCUT2D eigenvalue weighted by Crippen LogP contribution is -2.21. The van der Waals surface area contributed by atoms with Crippen LogP contribution >= 0.6 is 0 Å². The molecule has 0 radical (unpaired) electrons. The van der Waals surface area contributed by atoms with Crippen LogP contribution in [-0.2, 0) is 11.2 Å². The van der Waals surface area contributed by atoms with Gasteiger partial charge in [-0.05, 0) is 29.8 Å². The highest BCUT2D eigenvalue weighted by Crippen LogP contribution is 2.21. The number of rotatable bonds is 6. The lowest BCUT2D eigenvalue weighted by Gasteiger charge is -2.08. The Morgan fingerprint density at radius 3 is 2.81 bits per heavy atom. The molecule has 1 atom stereocenters. The summed E-state index contributed by atoms with van der Waals surface area (Å²) in [7, 11) is 0. The third-order valence-electron chi connectivity index (χ3n) is 4.11. The van der Waals surface area contributed by atoms with E-state index in [0.717, 1.165) is 16.5 Å². The number of aliphatic imine (C=N–C) groups is 1. The van der Waals surface area contributed by atoms with E-state index in [4.69, 9.17) is 11.1 Å². The van der Waals surface area contributed by atoms with E-state index in [1.54, 1.807) is 6.20 Å². The van der Waals surface area contributed by atoms with Crippen LogP contribution in [0.25, 0.3) is 10.9 Å². The number of phenolic OH excluding ortho intramolecular Hbond substituents is 1. The first-order valence-corrected chi connectivity index (χ1v) is 7.94. The van der Waals surface area contributed by atoms with E-state index < -0.39 is 12.0 Å². The second-order valence-corrected chi connectivity index (χ2v) is 5.88. The van der Waals surface area contributed by atoms with Crippen LogP contribution < -0.4 is 5.73 Å². The summed E-state index contributed by atoms with van der Waals surface area (Å²) in [5, 5.41) is 27.8. The molecule has 1 aromatic heterocycles. The van der Waals surface area contributed by atoms with E-state index in [2.05, 4.69) is 9.98 Å². The standard InChI is InChI=1S/C19H18N4O3/c20-18(21)11-5-6-17(24)13(7-11)10-23-16(19(25)26)8-12-9-22-15-4-2-1-3-14(12)15/h1-7,9-10,16,22,24H,8H2,(H3,20,21)(H,25,26)/t16-/m0/s1. The Morgan fingerprint density at radius 1 is 1.31 bits per heavy atom. The molecule has 7 heteroatoms. The molecular weight excluding hydrogens is 332 g/mol. The molecule has 0 saturated carbocycles. The van der Waals surface area contributed by atoms with Crippen molar-refractivity contribution in [1.82, 2.24) is 4.98 Å². The number of phenols is 1. The van der Waals surface area contributed by atoms with Crippen molar-refractivity contribution in [3.8, 4) is 5.75 Å². The van der Waals surface area contributed by atoms with Crippen LogP contribution in [0.15, 0.2) is 53.7 Å². The highest BCUT2D eigenvalue weighted by Gasteiger charge is 2.18. The molecule has 6 N–H and O–H groups in total. The lowest BCUT2D eigenvalue weighted by molar-refractivity contribution is -0.138. The molecule has 0 spiro atoms. The fraction of sp³-hybridized carbons (Fsp3) is 0.105. The molecule has 0 saturated heterocycles. The van der Waals surface area contributed by atoms with Crippen LogP contribution in [0.4, 0.5) is 0 Å². The molecule has 0 aliphatic heterocycles. The fourth-order valence-electron chi connectivity index (χ4n) is 2.71. The number of aliphatic carboxylic acids is 1. The molecule has 3 aromatic rings. The maximum atomic E-state index is 11.6. The van der Waals surface area contributed by atoms with Gasteiger partial charge in [0, 0.05) is 40.9 Å². The van der Waals surface area contributed by atoms with E-state index in [0.29, 0.717) is 11.1 Å². The Morgan fingerprint density at radius 2 is 2.08 bits per heavy atom. The minimum Gasteiger partial charge on any atom is -0.507 e. The molecule has 1 heterocycles. The minimum absolute atomic E-state index is 0.0602. The van der Waals surface area contributed by atoms with Crippen molar-refractivity contribution < 1.29 is 15.0 Å². The van der Waals surface area contributed by atoms with E-state index in [1.165, 1.54) is 24.4 Å². The van der Waals surface area contributed by atoms with E-state index in [-0.39, 0.29) is 18.0 Å². The van der Waals surface area contributed by atoms with Crippen molar-refractivity contribution >= 4 is 28.9 Å². The van der Waals surface area contributed by atoms with E-state index in [1.807, 2.05) is 24.3 Å². The number of aromatic amines is 1. The summed E-state index contributed by atoms with van der Waals surface area (Å²) in [4.78, 5) is 18.8. The Bertz CT molecular complexity index is 1010. The van der Waals surface area contributed by atoms with Crippen LogP contribution in [0.1, 0.15) is 16.7 Å². The van der Waals surface area contributed by atoms with Crippen molar-refractivity contribution in [3.63, 3.8) is 0 Å². The van der Waals surface area contributed by atoms with Gasteiger partial charge in [-0.1, -0.05) is 18.2 Å². The number of H-pyrrole nitrogens is 1. The summed E-state index contributed by atoms with van der Waals surface area (Å²) >= 11 is 0. The number of carbonyl (C=O) groups is 1. The summed E-state index contributed by atoms with van der Waals surface area (Å²) in [6.07, 6.45) is 3.29. The van der Waals surface area contributed by atoms with E-state index >= 15 is 0 Å². The van der Waals surface area contributed by atoms with Gasteiger partial charge in [0.1, 0.15) is 11.6 Å². The maximum absolute atomic E-state index is 11.6. The number of carboxylic acid groups (broad SMARTS) is 1. The number of amidine groups is 1. The zero-order chi connectivity index (χ0) is 18.7. The number of aromatic nitrogens is 1. The molecule has 26 heavy (non-hydrogen) atoms. The molecule has 0 bridgehead atoms. The van der Waals surface area contributed by atoms with Crippen LogP contribution in [0.3, 0.4) is 0 Å². The monoisotopic (exact) mass is 350 g/mol. The molecule has 2 aromatic carbocycles. The normalized spacial score (nSPS) is 12.5. The van der Waals surface area contributed by atoms with Gasteiger partial charge < -0.3 is 20.9 Å². The summed E-state index contributed by atoms with van der Waals surface area (Å²) in [6.45, 7) is 0. The van der Waals surface area contributed by atoms with Crippen molar-refractivity contribution in [1.29, 1.82) is 5.41 Å². The summed E-state index contributed by atoms with van der Waals surface area (Å²) in [6, 6.07) is 11.0. The number of nitrogen functional groups attached to an aromatic ring is 1. The predicted octanol–water partition coefficient (Wildman–Crippen LogP) is 2.27. The summed E-state index contributed by atoms with van der Waals surface area (Å²) in [5.41, 5.74) is 7.96. The Kier molecular flexibility index (Phi) is 4.70. The number of fused-ring (bicyclic) bond motifs is 1. The van der Waals surface area contributed by atoms with Gasteiger partial charge in [0.05, 0.1) is 0 Å². The predicted molar refractivity (Wildman–Crippen MR) is 100 cm³/mol. The third kappa shape index (κ3) is 3.56. The zero-order valence-electron chi connectivity index (χ0n) is 13.8.